The second-order valence-electron chi connectivity index (χ2n) is 56.0. The third kappa shape index (κ3) is 24.0. The summed E-state index contributed by atoms with van der Waals surface area (Å²) in [4.78, 5) is 0. The SMILES string of the molecule is CC.CC(C)(C)C12CC3CC(CC(O)(C3)C1)C2.CC(C)(C)C12CCCCC1(O)CCCC2.CC12CC3CC(C1)CC(O)(C3)C2.CC12CCC(O)(CC1)C2.CC12CCCCC1(O)CCCC2.CC1CC2CC1C1C3CCC(C3)C21.CC1CC2CCC1C2.CC1CC2CCC1C2.CCC(C)(C)C12CC3CC(CC(O)(C3)C1)C2.CCO.CCO.CO.OCC1CC2CCCCC2C1. The largest absolute Gasteiger partial charge is 0.400 e. The Hall–Kier alpha value is -0.400. The molecule has 28 aliphatic carbocycles. The van der Waals surface area contributed by atoms with Crippen LogP contribution in [0.1, 0.15) is 510 Å². The lowest BCUT2D eigenvalue weighted by atomic mass is 9.41. The van der Waals surface area contributed by atoms with Crippen molar-refractivity contribution >= 4 is 0 Å². The third-order valence-electron chi connectivity index (χ3n) is 44.8. The molecule has 21 unspecified atom stereocenters. The van der Waals surface area contributed by atoms with E-state index in [0.717, 1.165) is 199 Å². The Labute approximate surface area is 796 Å². The lowest BCUT2D eigenvalue weighted by Crippen LogP contribution is -2.59. The molecule has 0 aromatic heterocycles. The van der Waals surface area contributed by atoms with Gasteiger partial charge in [0, 0.05) is 32.3 Å². The minimum atomic E-state index is -0.345. The zero-order valence-corrected chi connectivity index (χ0v) is 88.5. The third-order valence-corrected chi connectivity index (χ3v) is 44.8. The summed E-state index contributed by atoms with van der Waals surface area (Å²) < 4.78 is 0. The Morgan fingerprint density at radius 2 is 0.674 bits per heavy atom. The fourth-order valence-electron chi connectivity index (χ4n) is 39.1. The van der Waals surface area contributed by atoms with Gasteiger partial charge in [-0.1, -0.05) is 214 Å². The molecule has 0 amide bonds. The number of aliphatic hydroxyl groups is 10. The van der Waals surface area contributed by atoms with Crippen LogP contribution >= 0.6 is 0 Å². The highest BCUT2D eigenvalue weighted by Crippen LogP contribution is 2.72. The fraction of sp³-hybridized carbons (Fsp3) is 1.00. The van der Waals surface area contributed by atoms with Gasteiger partial charge in [0.2, 0.25) is 0 Å². The van der Waals surface area contributed by atoms with Gasteiger partial charge in [-0.15, -0.1) is 0 Å². The smallest absolute Gasteiger partial charge is 0.0708 e. The maximum atomic E-state index is 11.0. The molecule has 21 atom stereocenters. The molecule has 0 aromatic rings. The van der Waals surface area contributed by atoms with E-state index in [1.807, 2.05) is 13.8 Å². The van der Waals surface area contributed by atoms with E-state index in [-0.39, 0.29) is 63.1 Å². The number of hydrogen-bond donors (Lipinski definition) is 10. The van der Waals surface area contributed by atoms with E-state index in [1.54, 1.807) is 97.3 Å². The molecule has 28 saturated carbocycles. The fourth-order valence-corrected chi connectivity index (χ4v) is 39.1. The molecule has 28 rings (SSSR count). The van der Waals surface area contributed by atoms with Gasteiger partial charge in [0.15, 0.2) is 0 Å². The van der Waals surface area contributed by atoms with Crippen LogP contribution in [0.4, 0.5) is 0 Å². The van der Waals surface area contributed by atoms with Crippen LogP contribution < -0.4 is 0 Å². The Morgan fingerprint density at radius 3 is 0.992 bits per heavy atom. The van der Waals surface area contributed by atoms with E-state index >= 15 is 0 Å². The van der Waals surface area contributed by atoms with Gasteiger partial charge in [-0.3, -0.25) is 0 Å². The zero-order chi connectivity index (χ0) is 94.0. The summed E-state index contributed by atoms with van der Waals surface area (Å²) >= 11 is 0. The molecular weight excluding hydrogens is 1590 g/mol. The molecule has 28 aliphatic rings. The van der Waals surface area contributed by atoms with Crippen molar-refractivity contribution in [3.05, 3.63) is 0 Å². The maximum Gasteiger partial charge on any atom is 0.0708 e. The number of rotatable bonds is 3. The van der Waals surface area contributed by atoms with Crippen molar-refractivity contribution in [1.29, 1.82) is 0 Å². The molecule has 0 spiro atoms. The molecule has 0 heterocycles. The standard InChI is InChI=1S/C15H26O.C14H24O.C14H26O.C13H20.C11H18O.C11H20O.C10H18O.C8H14O.2C8H14.2C2H6O.C2H6.CH4O/c1-4-13(2,3)14-6-11-5-12(7-14)9-15(16,8-11)10-14;1-12(2,3)13-5-10-4-11(6-13)8-14(15,7-10)9-13;1-12(2,3)13-8-4-6-10-14(13,15)11-7-5-9-13;1-7-4-10-6-11(7)13-9-3-2-8(5-9)12(10)13;1-10-3-8-2-9(4-10)6-11(12,5-8)7-10;1-10-6-2-4-8-11(10,12)9-5-3-7-10;11-7-8-5-9-3-1-2-4-10(9)6-8;1-7-2-4-8(9,6-7)5-3-7;2*1-6-4-7-2-3-8(6)5-7;2*1-2-3;2*1-2/h11-12,16H,4-10H2,1-3H3;10-11,15H,4-9H2,1-3H3;15H,4-11H2,1-3H3;7-13H,2-6H2,1H3;8-9,12H,2-7H2,1H3;12H,2-9H2,1H3;8-11H,1-7H2;9H,2-6H2,1H3;2*6-8H,2-5H2,1H3;2*3H,2H2,1H3;1-2H3;2H,1H3. The van der Waals surface area contributed by atoms with Crippen molar-refractivity contribution in [1.82, 2.24) is 0 Å². The lowest BCUT2D eigenvalue weighted by Gasteiger charge is -2.65. The van der Waals surface area contributed by atoms with Crippen LogP contribution in [-0.2, 0) is 0 Å². The normalized spacial score (nSPS) is 49.3. The van der Waals surface area contributed by atoms with E-state index in [4.69, 9.17) is 20.4 Å². The molecule has 28 fully saturated rings. The van der Waals surface area contributed by atoms with Crippen molar-refractivity contribution in [3.8, 4) is 0 Å². The van der Waals surface area contributed by atoms with Crippen LogP contribution in [0, 0.1) is 179 Å². The summed E-state index contributed by atoms with van der Waals surface area (Å²) in [6.45, 7) is 44.0. The van der Waals surface area contributed by atoms with Crippen molar-refractivity contribution in [2.24, 2.45) is 179 Å². The minimum absolute atomic E-state index is 0.205. The van der Waals surface area contributed by atoms with Gasteiger partial charge in [0.1, 0.15) is 0 Å². The van der Waals surface area contributed by atoms with Crippen molar-refractivity contribution < 1.29 is 51.1 Å². The van der Waals surface area contributed by atoms with Gasteiger partial charge in [-0.25, -0.2) is 0 Å². The summed E-state index contributed by atoms with van der Waals surface area (Å²) in [5.74, 6) is 22.7. The molecule has 0 aliphatic heterocycles. The van der Waals surface area contributed by atoms with Crippen LogP contribution in [0.2, 0.25) is 0 Å². The molecule has 10 N–H and O–H groups in total. The van der Waals surface area contributed by atoms with Crippen LogP contribution in [-0.4, -0.2) is 112 Å². The van der Waals surface area contributed by atoms with E-state index in [2.05, 4.69) is 104 Å². The van der Waals surface area contributed by atoms with Crippen molar-refractivity contribution in [2.75, 3.05) is 26.9 Å². The van der Waals surface area contributed by atoms with Crippen molar-refractivity contribution in [2.45, 2.75) is 544 Å². The predicted molar refractivity (Wildman–Crippen MR) is 538 cm³/mol. The topological polar surface area (TPSA) is 202 Å². The van der Waals surface area contributed by atoms with Gasteiger partial charge in [0.25, 0.3) is 0 Å². The summed E-state index contributed by atoms with van der Waals surface area (Å²) in [7, 11) is 1.00. The quantitative estimate of drug-likeness (QED) is 0.121. The Kier molecular flexibility index (Phi) is 36.0. The summed E-state index contributed by atoms with van der Waals surface area (Å²) in [5.41, 5.74) is 1.80. The lowest BCUT2D eigenvalue weighted by molar-refractivity contribution is -0.199. The first-order valence-corrected chi connectivity index (χ1v) is 57.4. The summed E-state index contributed by atoms with van der Waals surface area (Å²) in [6, 6.07) is 0. The van der Waals surface area contributed by atoms with E-state index in [1.165, 1.54) is 228 Å². The average Bonchev–Trinajstić information content (AvgIpc) is 1.57. The highest BCUT2D eigenvalue weighted by Gasteiger charge is 2.66. The molecule has 0 radical (unpaired) electrons. The highest BCUT2D eigenvalue weighted by atomic mass is 16.3. The highest BCUT2D eigenvalue weighted by molar-refractivity contribution is 5.16. The van der Waals surface area contributed by atoms with Crippen LogP contribution in [0.5, 0.6) is 0 Å². The first-order chi connectivity index (χ1) is 60.8. The number of aliphatic hydroxyl groups excluding tert-OH is 4. The molecule has 22 bridgehead atoms. The minimum Gasteiger partial charge on any atom is -0.400 e. The van der Waals surface area contributed by atoms with Gasteiger partial charge < -0.3 is 51.1 Å². The molecule has 0 aromatic carbocycles. The number of hydrogen-bond acceptors (Lipinski definition) is 10. The van der Waals surface area contributed by atoms with Gasteiger partial charge in [0.05, 0.1) is 33.6 Å². The second kappa shape index (κ2) is 43.2. The molecule has 10 nitrogen and oxygen atoms in total. The zero-order valence-electron chi connectivity index (χ0n) is 88.5. The van der Waals surface area contributed by atoms with Crippen LogP contribution in [0.15, 0.2) is 0 Å². The van der Waals surface area contributed by atoms with E-state index < -0.39 is 0 Å². The van der Waals surface area contributed by atoms with Gasteiger partial charge in [-0.05, 0) is 470 Å². The van der Waals surface area contributed by atoms with Gasteiger partial charge >= 0.3 is 0 Å². The predicted octanol–water partition coefficient (Wildman–Crippen LogP) is 29.0. The van der Waals surface area contributed by atoms with E-state index in [0.29, 0.717) is 45.0 Å². The van der Waals surface area contributed by atoms with Gasteiger partial charge in [-0.2, -0.15) is 0 Å². The van der Waals surface area contributed by atoms with E-state index in [9.17, 15) is 30.6 Å². The molecule has 10 heteroatoms. The van der Waals surface area contributed by atoms with Crippen LogP contribution in [0.25, 0.3) is 0 Å². The summed E-state index contributed by atoms with van der Waals surface area (Å²) in [5, 5.41) is 93.9. The van der Waals surface area contributed by atoms with Crippen LogP contribution in [0.3, 0.4) is 0 Å². The molecule has 0 saturated heterocycles. The first-order valence-electron chi connectivity index (χ1n) is 57.4. The molecule has 752 valence electrons. The monoisotopic (exact) mass is 1810 g/mol. The first kappa shape index (κ1) is 107. The maximum absolute atomic E-state index is 11.0. The Bertz CT molecular complexity index is 3210. The summed E-state index contributed by atoms with van der Waals surface area (Å²) in [6.07, 6.45) is 77.8. The van der Waals surface area contributed by atoms with Crippen molar-refractivity contribution in [3.63, 3.8) is 0 Å². The number of fused-ring (bicyclic) bond motifs is 18. The molecule has 129 heavy (non-hydrogen) atoms. The molecular formula is C119H216O10. The Morgan fingerprint density at radius 1 is 0.295 bits per heavy atom. The second-order valence-corrected chi connectivity index (χ2v) is 56.0. The average molecular weight is 1810 g/mol. The Balaban J connectivity index is 0.000000129.